The summed E-state index contributed by atoms with van der Waals surface area (Å²) in [6.45, 7) is 1.49. The highest BCUT2D eigenvalue weighted by molar-refractivity contribution is 5.75. The molecule has 0 aromatic carbocycles. The van der Waals surface area contributed by atoms with Crippen LogP contribution in [0.5, 0.6) is 5.75 Å². The Morgan fingerprint density at radius 1 is 1.26 bits per heavy atom. The molecule has 0 spiro atoms. The van der Waals surface area contributed by atoms with E-state index in [1.54, 1.807) is 0 Å². The standard InChI is InChI=1S/C13H11F4N3O3/c1-2-22-13(21)7(3-6-4-18-5-19-6)23-10-8(14)11(16)20-12(17)9(10)15/h4-5,7H,2-3H2,1H3,(H,18,19). The molecule has 0 radical (unpaired) electrons. The van der Waals surface area contributed by atoms with Gasteiger partial charge in [-0.25, -0.2) is 9.78 Å². The number of nitrogens with one attached hydrogen (secondary N) is 1. The second-order valence-corrected chi connectivity index (χ2v) is 4.27. The molecule has 0 aliphatic rings. The fourth-order valence-corrected chi connectivity index (χ4v) is 1.71. The summed E-state index contributed by atoms with van der Waals surface area (Å²) in [6, 6.07) is 0. The van der Waals surface area contributed by atoms with Gasteiger partial charge in [0.25, 0.3) is 11.9 Å². The van der Waals surface area contributed by atoms with Crippen LogP contribution in [0.25, 0.3) is 0 Å². The maximum atomic E-state index is 13.6. The van der Waals surface area contributed by atoms with E-state index in [2.05, 4.69) is 15.0 Å². The number of rotatable bonds is 6. The number of esters is 1. The van der Waals surface area contributed by atoms with E-state index in [-0.39, 0.29) is 13.0 Å². The Bertz CT molecular complexity index is 668. The summed E-state index contributed by atoms with van der Waals surface area (Å²) in [5, 5.41) is 0. The lowest BCUT2D eigenvalue weighted by atomic mass is 10.2. The normalized spacial score (nSPS) is 12.0. The molecule has 23 heavy (non-hydrogen) atoms. The van der Waals surface area contributed by atoms with Gasteiger partial charge in [0.2, 0.25) is 23.5 Å². The van der Waals surface area contributed by atoms with Gasteiger partial charge in [-0.1, -0.05) is 0 Å². The van der Waals surface area contributed by atoms with Crippen LogP contribution in [0.3, 0.4) is 0 Å². The van der Waals surface area contributed by atoms with Gasteiger partial charge >= 0.3 is 5.97 Å². The molecule has 1 atom stereocenters. The molecule has 2 aromatic rings. The van der Waals surface area contributed by atoms with E-state index >= 15 is 0 Å². The molecule has 2 rings (SSSR count). The molecule has 0 aliphatic carbocycles. The highest BCUT2D eigenvalue weighted by atomic mass is 19.2. The monoisotopic (exact) mass is 333 g/mol. The zero-order valence-corrected chi connectivity index (χ0v) is 11.8. The summed E-state index contributed by atoms with van der Waals surface area (Å²) in [5.74, 6) is -9.82. The van der Waals surface area contributed by atoms with E-state index in [0.29, 0.717) is 5.69 Å². The smallest absolute Gasteiger partial charge is 0.347 e. The molecular weight excluding hydrogens is 322 g/mol. The first-order valence-electron chi connectivity index (χ1n) is 6.45. The Hall–Kier alpha value is -2.65. The van der Waals surface area contributed by atoms with Gasteiger partial charge in [0.1, 0.15) is 0 Å². The number of aromatic nitrogens is 3. The van der Waals surface area contributed by atoms with E-state index in [1.807, 2.05) is 0 Å². The number of carbonyl (C=O) groups excluding carboxylic acids is 1. The van der Waals surface area contributed by atoms with Gasteiger partial charge in [-0.2, -0.15) is 22.5 Å². The number of aromatic amines is 1. The number of ether oxygens (including phenoxy) is 2. The van der Waals surface area contributed by atoms with Crippen molar-refractivity contribution in [3.8, 4) is 5.75 Å². The van der Waals surface area contributed by atoms with Crippen molar-refractivity contribution >= 4 is 5.97 Å². The van der Waals surface area contributed by atoms with Crippen molar-refractivity contribution in [1.29, 1.82) is 0 Å². The van der Waals surface area contributed by atoms with Gasteiger partial charge in [0.05, 0.1) is 18.6 Å². The minimum atomic E-state index is -1.89. The van der Waals surface area contributed by atoms with Gasteiger partial charge in [0, 0.05) is 12.6 Å². The van der Waals surface area contributed by atoms with E-state index in [9.17, 15) is 22.4 Å². The highest BCUT2D eigenvalue weighted by Crippen LogP contribution is 2.26. The van der Waals surface area contributed by atoms with Crippen LogP contribution in [-0.4, -0.2) is 33.6 Å². The second-order valence-electron chi connectivity index (χ2n) is 4.27. The number of hydrogen-bond acceptors (Lipinski definition) is 5. The summed E-state index contributed by atoms with van der Waals surface area (Å²) in [4.78, 5) is 20.7. The van der Waals surface area contributed by atoms with E-state index in [1.165, 1.54) is 19.4 Å². The molecule has 10 heteroatoms. The van der Waals surface area contributed by atoms with Crippen molar-refractivity contribution in [3.63, 3.8) is 0 Å². The zero-order chi connectivity index (χ0) is 17.0. The predicted molar refractivity (Wildman–Crippen MR) is 67.4 cm³/mol. The molecule has 2 heterocycles. The van der Waals surface area contributed by atoms with Crippen LogP contribution in [0.4, 0.5) is 17.6 Å². The van der Waals surface area contributed by atoms with Gasteiger partial charge in [0.15, 0.2) is 0 Å². The van der Waals surface area contributed by atoms with Crippen molar-refractivity contribution in [1.82, 2.24) is 15.0 Å². The number of H-pyrrole nitrogens is 1. The minimum absolute atomic E-state index is 0.0245. The quantitative estimate of drug-likeness (QED) is 0.496. The lowest BCUT2D eigenvalue weighted by molar-refractivity contribution is -0.151. The van der Waals surface area contributed by atoms with Gasteiger partial charge in [-0.3, -0.25) is 0 Å². The third kappa shape index (κ3) is 3.76. The number of hydrogen-bond donors (Lipinski definition) is 1. The van der Waals surface area contributed by atoms with Crippen molar-refractivity contribution in [2.75, 3.05) is 6.61 Å². The van der Waals surface area contributed by atoms with Crippen molar-refractivity contribution in [2.24, 2.45) is 0 Å². The fraction of sp³-hybridized carbons (Fsp3) is 0.308. The third-order valence-electron chi connectivity index (χ3n) is 2.72. The largest absolute Gasteiger partial charge is 0.472 e. The summed E-state index contributed by atoms with van der Waals surface area (Å²) >= 11 is 0. The average molecular weight is 333 g/mol. The Morgan fingerprint density at radius 2 is 1.91 bits per heavy atom. The molecule has 0 aliphatic heterocycles. The molecule has 2 aromatic heterocycles. The fourth-order valence-electron chi connectivity index (χ4n) is 1.71. The molecule has 6 nitrogen and oxygen atoms in total. The molecule has 1 unspecified atom stereocenters. The first kappa shape index (κ1) is 16.7. The molecular formula is C13H11F4N3O3. The minimum Gasteiger partial charge on any atom is -0.472 e. The maximum absolute atomic E-state index is 13.6. The van der Waals surface area contributed by atoms with Crippen LogP contribution in [0.2, 0.25) is 0 Å². The molecule has 0 amide bonds. The highest BCUT2D eigenvalue weighted by Gasteiger charge is 2.29. The molecule has 1 N–H and O–H groups in total. The topological polar surface area (TPSA) is 77.1 Å². The van der Waals surface area contributed by atoms with E-state index in [0.717, 1.165) is 0 Å². The number of nitrogens with zero attached hydrogens (tertiary/aromatic N) is 2. The van der Waals surface area contributed by atoms with Crippen LogP contribution >= 0.6 is 0 Å². The molecule has 0 saturated carbocycles. The van der Waals surface area contributed by atoms with Gasteiger partial charge in [-0.15, -0.1) is 0 Å². The summed E-state index contributed by atoms with van der Waals surface area (Å²) < 4.78 is 62.9. The lowest BCUT2D eigenvalue weighted by Gasteiger charge is -2.17. The van der Waals surface area contributed by atoms with Crippen LogP contribution in [0, 0.1) is 23.5 Å². The number of pyridine rings is 1. The van der Waals surface area contributed by atoms with Crippen LogP contribution in [0.1, 0.15) is 12.6 Å². The van der Waals surface area contributed by atoms with Crippen molar-refractivity contribution < 1.29 is 31.8 Å². The van der Waals surface area contributed by atoms with Crippen LogP contribution in [0.15, 0.2) is 12.5 Å². The van der Waals surface area contributed by atoms with Gasteiger partial charge in [-0.05, 0) is 6.92 Å². The third-order valence-corrected chi connectivity index (χ3v) is 2.72. The van der Waals surface area contributed by atoms with Crippen LogP contribution < -0.4 is 4.74 Å². The predicted octanol–water partition coefficient (Wildman–Crippen LogP) is 1.91. The summed E-state index contributed by atoms with van der Waals surface area (Å²) in [5.41, 5.74) is 0.318. The summed E-state index contributed by atoms with van der Waals surface area (Å²) in [6.07, 6.45) is 0.941. The van der Waals surface area contributed by atoms with Gasteiger partial charge < -0.3 is 14.5 Å². The van der Waals surface area contributed by atoms with E-state index < -0.39 is 41.4 Å². The maximum Gasteiger partial charge on any atom is 0.347 e. The Balaban J connectivity index is 2.32. The molecule has 124 valence electrons. The van der Waals surface area contributed by atoms with Crippen molar-refractivity contribution in [3.05, 3.63) is 41.7 Å². The Kier molecular flexibility index (Phi) is 5.14. The molecule has 0 saturated heterocycles. The number of imidazole rings is 1. The lowest BCUT2D eigenvalue weighted by Crippen LogP contribution is -2.32. The first-order valence-corrected chi connectivity index (χ1v) is 6.45. The Morgan fingerprint density at radius 3 is 2.43 bits per heavy atom. The van der Waals surface area contributed by atoms with Crippen molar-refractivity contribution in [2.45, 2.75) is 19.4 Å². The van der Waals surface area contributed by atoms with Crippen LogP contribution in [-0.2, 0) is 16.0 Å². The average Bonchev–Trinajstić information content (AvgIpc) is 3.01. The molecule has 0 bridgehead atoms. The Labute approximate surface area is 127 Å². The summed E-state index contributed by atoms with van der Waals surface area (Å²) in [7, 11) is 0. The number of carbonyl (C=O) groups is 1. The van der Waals surface area contributed by atoms with E-state index in [4.69, 9.17) is 9.47 Å². The first-order chi connectivity index (χ1) is 10.9. The SMILES string of the molecule is CCOC(=O)C(Cc1c[nH]cn1)Oc1c(F)c(F)nc(F)c1F. The molecule has 0 fully saturated rings. The second kappa shape index (κ2) is 7.07. The number of halogens is 4. The zero-order valence-electron chi connectivity index (χ0n) is 11.8.